The molecule has 1 saturated carbocycles. The molecule has 2 N–H and O–H groups in total. The molecule has 0 bridgehead atoms. The number of amides is 4. The van der Waals surface area contributed by atoms with E-state index in [4.69, 9.17) is 9.47 Å². The molecular formula is C23H33N3O5. The largest absolute Gasteiger partial charge is 0.493 e. The fourth-order valence-electron chi connectivity index (χ4n) is 4.53. The lowest BCUT2D eigenvalue weighted by Gasteiger charge is -2.40. The van der Waals surface area contributed by atoms with E-state index < -0.39 is 17.5 Å². The number of nitrogens with zero attached hydrogens (tertiary/aromatic N) is 1. The number of hydrogen-bond acceptors (Lipinski definition) is 5. The summed E-state index contributed by atoms with van der Waals surface area (Å²) in [7, 11) is 3.10. The third kappa shape index (κ3) is 4.78. The SMILES string of the molecule is COc1ccc(CNC(=O)CN2C(=O)NC3(CCC(C(C)(C)C)CC3)C2=O)cc1OC. The third-order valence-corrected chi connectivity index (χ3v) is 6.55. The normalized spacial score (nSPS) is 23.6. The molecule has 1 saturated heterocycles. The van der Waals surface area contributed by atoms with Gasteiger partial charge < -0.3 is 20.1 Å². The zero-order valence-electron chi connectivity index (χ0n) is 19.0. The molecule has 2 fully saturated rings. The van der Waals surface area contributed by atoms with E-state index in [0.29, 0.717) is 30.3 Å². The molecule has 8 nitrogen and oxygen atoms in total. The van der Waals surface area contributed by atoms with E-state index in [2.05, 4.69) is 31.4 Å². The Labute approximate surface area is 183 Å². The van der Waals surface area contributed by atoms with Gasteiger partial charge in [0.2, 0.25) is 5.91 Å². The Kier molecular flexibility index (Phi) is 6.48. The Morgan fingerprint density at radius 2 is 1.81 bits per heavy atom. The summed E-state index contributed by atoms with van der Waals surface area (Å²) in [6, 6.07) is 4.86. The molecule has 170 valence electrons. The van der Waals surface area contributed by atoms with Gasteiger partial charge >= 0.3 is 6.03 Å². The number of nitrogens with one attached hydrogen (secondary N) is 2. The summed E-state index contributed by atoms with van der Waals surface area (Å²) in [5.41, 5.74) is 0.138. The first-order chi connectivity index (χ1) is 14.6. The van der Waals surface area contributed by atoms with E-state index in [-0.39, 0.29) is 24.4 Å². The van der Waals surface area contributed by atoms with E-state index in [1.807, 2.05) is 6.07 Å². The Morgan fingerprint density at radius 1 is 1.16 bits per heavy atom. The summed E-state index contributed by atoms with van der Waals surface area (Å²) in [5.74, 6) is 1.01. The molecule has 31 heavy (non-hydrogen) atoms. The number of carbonyl (C=O) groups is 3. The van der Waals surface area contributed by atoms with Crippen LogP contribution in [0.15, 0.2) is 18.2 Å². The zero-order valence-corrected chi connectivity index (χ0v) is 19.0. The van der Waals surface area contributed by atoms with Crippen molar-refractivity contribution >= 4 is 17.8 Å². The summed E-state index contributed by atoms with van der Waals surface area (Å²) in [6.45, 7) is 6.59. The fraction of sp³-hybridized carbons (Fsp3) is 0.609. The van der Waals surface area contributed by atoms with Crippen LogP contribution in [0.4, 0.5) is 4.79 Å². The summed E-state index contributed by atoms with van der Waals surface area (Å²) in [4.78, 5) is 39.0. The van der Waals surface area contributed by atoms with Crippen molar-refractivity contribution in [3.05, 3.63) is 23.8 Å². The average molecular weight is 432 g/mol. The number of urea groups is 1. The first-order valence-electron chi connectivity index (χ1n) is 10.7. The van der Waals surface area contributed by atoms with Gasteiger partial charge in [-0.05, 0) is 54.7 Å². The van der Waals surface area contributed by atoms with E-state index in [0.717, 1.165) is 23.3 Å². The third-order valence-electron chi connectivity index (χ3n) is 6.55. The Bertz CT molecular complexity index is 853. The standard InChI is InChI=1S/C23H33N3O5/c1-22(2,3)16-8-10-23(11-9-16)20(28)26(21(29)25-23)14-19(27)24-13-15-6-7-17(30-4)18(12-15)31-5/h6-7,12,16H,8-11,13-14H2,1-5H3,(H,24,27)(H,25,29). The van der Waals surface area contributed by atoms with Crippen molar-refractivity contribution < 1.29 is 23.9 Å². The number of carbonyl (C=O) groups excluding carboxylic acids is 3. The summed E-state index contributed by atoms with van der Waals surface area (Å²) < 4.78 is 10.5. The van der Waals surface area contributed by atoms with Gasteiger partial charge in [-0.2, -0.15) is 0 Å². The van der Waals surface area contributed by atoms with Gasteiger partial charge in [0.1, 0.15) is 12.1 Å². The second-order valence-corrected chi connectivity index (χ2v) is 9.51. The highest BCUT2D eigenvalue weighted by molar-refractivity contribution is 6.09. The van der Waals surface area contributed by atoms with Crippen LogP contribution in [0.5, 0.6) is 11.5 Å². The molecule has 3 rings (SSSR count). The summed E-state index contributed by atoms with van der Waals surface area (Å²) in [5, 5.41) is 5.64. The van der Waals surface area contributed by atoms with Crippen molar-refractivity contribution in [3.8, 4) is 11.5 Å². The van der Waals surface area contributed by atoms with Crippen LogP contribution in [0.25, 0.3) is 0 Å². The van der Waals surface area contributed by atoms with Crippen LogP contribution in [0.2, 0.25) is 0 Å². The van der Waals surface area contributed by atoms with Crippen LogP contribution in [0.3, 0.4) is 0 Å². The van der Waals surface area contributed by atoms with Gasteiger partial charge in [0.15, 0.2) is 11.5 Å². The van der Waals surface area contributed by atoms with E-state index in [9.17, 15) is 14.4 Å². The lowest BCUT2D eigenvalue weighted by atomic mass is 9.67. The van der Waals surface area contributed by atoms with Gasteiger partial charge in [0, 0.05) is 6.54 Å². The van der Waals surface area contributed by atoms with Crippen molar-refractivity contribution in [2.75, 3.05) is 20.8 Å². The van der Waals surface area contributed by atoms with E-state index in [1.165, 1.54) is 0 Å². The first kappa shape index (κ1) is 22.9. The van der Waals surface area contributed by atoms with Crippen molar-refractivity contribution in [1.29, 1.82) is 0 Å². The highest BCUT2D eigenvalue weighted by atomic mass is 16.5. The smallest absolute Gasteiger partial charge is 0.325 e. The second-order valence-electron chi connectivity index (χ2n) is 9.51. The van der Waals surface area contributed by atoms with Gasteiger partial charge in [0.25, 0.3) is 5.91 Å². The molecule has 8 heteroatoms. The Hall–Kier alpha value is -2.77. The molecule has 1 aromatic carbocycles. The molecule has 0 unspecified atom stereocenters. The lowest BCUT2D eigenvalue weighted by Crippen LogP contribution is -2.51. The Balaban J connectivity index is 1.57. The number of rotatable bonds is 6. The van der Waals surface area contributed by atoms with Crippen LogP contribution in [0.1, 0.15) is 52.0 Å². The molecule has 1 aliphatic carbocycles. The quantitative estimate of drug-likeness (QED) is 0.675. The number of benzene rings is 1. The molecular weight excluding hydrogens is 398 g/mol. The predicted molar refractivity (Wildman–Crippen MR) is 116 cm³/mol. The number of hydrogen-bond donors (Lipinski definition) is 2. The van der Waals surface area contributed by atoms with Crippen LogP contribution in [0, 0.1) is 11.3 Å². The zero-order chi connectivity index (χ0) is 22.8. The minimum atomic E-state index is -0.859. The molecule has 2 aliphatic rings. The molecule has 0 atom stereocenters. The molecule has 1 heterocycles. The van der Waals surface area contributed by atoms with Crippen molar-refractivity contribution in [2.45, 2.75) is 58.5 Å². The monoisotopic (exact) mass is 431 g/mol. The number of methoxy groups -OCH3 is 2. The van der Waals surface area contributed by atoms with Crippen molar-refractivity contribution in [3.63, 3.8) is 0 Å². The summed E-state index contributed by atoms with van der Waals surface area (Å²) in [6.07, 6.45) is 3.00. The first-order valence-corrected chi connectivity index (χ1v) is 10.7. The van der Waals surface area contributed by atoms with E-state index in [1.54, 1.807) is 26.4 Å². The van der Waals surface area contributed by atoms with Crippen LogP contribution >= 0.6 is 0 Å². The van der Waals surface area contributed by atoms with Crippen molar-refractivity contribution in [1.82, 2.24) is 15.5 Å². The highest BCUT2D eigenvalue weighted by Crippen LogP contribution is 2.43. The molecule has 0 aromatic heterocycles. The topological polar surface area (TPSA) is 97.0 Å². The number of imide groups is 1. The van der Waals surface area contributed by atoms with E-state index >= 15 is 0 Å². The fourth-order valence-corrected chi connectivity index (χ4v) is 4.53. The maximum absolute atomic E-state index is 13.0. The maximum atomic E-state index is 13.0. The Morgan fingerprint density at radius 3 is 2.39 bits per heavy atom. The maximum Gasteiger partial charge on any atom is 0.325 e. The molecule has 4 amide bonds. The molecule has 0 radical (unpaired) electrons. The molecule has 1 aromatic rings. The summed E-state index contributed by atoms with van der Waals surface area (Å²) >= 11 is 0. The number of ether oxygens (including phenoxy) is 2. The van der Waals surface area contributed by atoms with Gasteiger partial charge in [-0.25, -0.2) is 4.79 Å². The highest BCUT2D eigenvalue weighted by Gasteiger charge is 2.53. The average Bonchev–Trinajstić information content (AvgIpc) is 2.95. The van der Waals surface area contributed by atoms with Gasteiger partial charge in [-0.1, -0.05) is 26.8 Å². The van der Waals surface area contributed by atoms with Crippen LogP contribution < -0.4 is 20.1 Å². The van der Waals surface area contributed by atoms with Gasteiger partial charge in [0.05, 0.1) is 14.2 Å². The van der Waals surface area contributed by atoms with Crippen molar-refractivity contribution in [2.24, 2.45) is 11.3 Å². The lowest BCUT2D eigenvalue weighted by molar-refractivity contribution is -0.136. The second kappa shape index (κ2) is 8.77. The molecule has 1 aliphatic heterocycles. The minimum absolute atomic E-state index is 0.178. The van der Waals surface area contributed by atoms with Crippen LogP contribution in [-0.4, -0.2) is 49.0 Å². The van der Waals surface area contributed by atoms with Gasteiger partial charge in [-0.3, -0.25) is 14.5 Å². The molecule has 1 spiro atoms. The minimum Gasteiger partial charge on any atom is -0.493 e. The van der Waals surface area contributed by atoms with Gasteiger partial charge in [-0.15, -0.1) is 0 Å². The van der Waals surface area contributed by atoms with Crippen LogP contribution in [-0.2, 0) is 16.1 Å². The predicted octanol–water partition coefficient (Wildman–Crippen LogP) is 2.85.